The Hall–Kier alpha value is -1.03. The predicted molar refractivity (Wildman–Crippen MR) is 57.4 cm³/mol. The number of rotatable bonds is 1. The van der Waals surface area contributed by atoms with Crippen molar-refractivity contribution in [3.8, 4) is 0 Å². The molecular formula is C10H18N4. The molecule has 14 heavy (non-hydrogen) atoms. The molecule has 1 aromatic rings. The Morgan fingerprint density at radius 1 is 1.57 bits per heavy atom. The lowest BCUT2D eigenvalue weighted by Gasteiger charge is -2.32. The minimum absolute atomic E-state index is 0.318. The van der Waals surface area contributed by atoms with Crippen LogP contribution in [0.3, 0.4) is 0 Å². The van der Waals surface area contributed by atoms with E-state index in [2.05, 4.69) is 16.9 Å². The lowest BCUT2D eigenvalue weighted by molar-refractivity contribution is 0.496. The van der Waals surface area contributed by atoms with Crippen molar-refractivity contribution in [2.45, 2.75) is 25.8 Å². The Bertz CT molecular complexity index is 298. The van der Waals surface area contributed by atoms with E-state index in [0.717, 1.165) is 19.5 Å². The SMILES string of the molecule is Cc1cnn(C)c1N1CCCC(N)C1. The van der Waals surface area contributed by atoms with E-state index >= 15 is 0 Å². The van der Waals surface area contributed by atoms with E-state index < -0.39 is 0 Å². The van der Waals surface area contributed by atoms with Gasteiger partial charge >= 0.3 is 0 Å². The van der Waals surface area contributed by atoms with Gasteiger partial charge in [0.05, 0.1) is 6.20 Å². The van der Waals surface area contributed by atoms with Gasteiger partial charge in [0.2, 0.25) is 0 Å². The zero-order chi connectivity index (χ0) is 10.1. The average molecular weight is 194 g/mol. The maximum atomic E-state index is 5.96. The van der Waals surface area contributed by atoms with Gasteiger partial charge in [-0.1, -0.05) is 0 Å². The highest BCUT2D eigenvalue weighted by Crippen LogP contribution is 2.22. The molecule has 0 amide bonds. The summed E-state index contributed by atoms with van der Waals surface area (Å²) in [4.78, 5) is 2.34. The van der Waals surface area contributed by atoms with Crippen molar-refractivity contribution in [3.05, 3.63) is 11.8 Å². The van der Waals surface area contributed by atoms with Crippen LogP contribution in [0.1, 0.15) is 18.4 Å². The van der Waals surface area contributed by atoms with Crippen LogP contribution in [0.15, 0.2) is 6.20 Å². The van der Waals surface area contributed by atoms with Crippen LogP contribution in [0.25, 0.3) is 0 Å². The molecule has 2 heterocycles. The average Bonchev–Trinajstić information content (AvgIpc) is 2.46. The van der Waals surface area contributed by atoms with Crippen LogP contribution < -0.4 is 10.6 Å². The molecule has 0 saturated carbocycles. The fourth-order valence-electron chi connectivity index (χ4n) is 2.20. The van der Waals surface area contributed by atoms with Crippen LogP contribution in [-0.4, -0.2) is 28.9 Å². The molecule has 4 heteroatoms. The van der Waals surface area contributed by atoms with Gasteiger partial charge in [-0.05, 0) is 19.8 Å². The molecule has 0 spiro atoms. The molecule has 1 aromatic heterocycles. The van der Waals surface area contributed by atoms with Crippen LogP contribution in [0, 0.1) is 6.92 Å². The number of anilines is 1. The molecule has 1 fully saturated rings. The molecule has 0 aliphatic carbocycles. The van der Waals surface area contributed by atoms with Gasteiger partial charge in [0.25, 0.3) is 0 Å². The highest BCUT2D eigenvalue weighted by atomic mass is 15.4. The van der Waals surface area contributed by atoms with Crippen molar-refractivity contribution < 1.29 is 0 Å². The first-order chi connectivity index (χ1) is 6.68. The van der Waals surface area contributed by atoms with Gasteiger partial charge in [-0.25, -0.2) is 0 Å². The molecule has 1 atom stereocenters. The third kappa shape index (κ3) is 1.62. The molecule has 78 valence electrons. The normalized spacial score (nSPS) is 22.8. The Morgan fingerprint density at radius 2 is 2.36 bits per heavy atom. The first-order valence-corrected chi connectivity index (χ1v) is 5.17. The second kappa shape index (κ2) is 3.61. The van der Waals surface area contributed by atoms with Crippen molar-refractivity contribution >= 4 is 5.82 Å². The highest BCUT2D eigenvalue weighted by molar-refractivity contribution is 5.46. The molecule has 1 saturated heterocycles. The maximum Gasteiger partial charge on any atom is 0.129 e. The summed E-state index contributed by atoms with van der Waals surface area (Å²) in [5, 5.41) is 4.25. The van der Waals surface area contributed by atoms with Crippen LogP contribution in [0.2, 0.25) is 0 Å². The summed E-state index contributed by atoms with van der Waals surface area (Å²) in [6, 6.07) is 0.318. The number of aryl methyl sites for hydroxylation is 2. The Balaban J connectivity index is 2.21. The number of aromatic nitrogens is 2. The third-order valence-electron chi connectivity index (χ3n) is 2.84. The summed E-state index contributed by atoms with van der Waals surface area (Å²) in [5.74, 6) is 1.22. The quantitative estimate of drug-likeness (QED) is 0.714. The van der Waals surface area contributed by atoms with Crippen LogP contribution >= 0.6 is 0 Å². The summed E-state index contributed by atoms with van der Waals surface area (Å²) in [6.45, 7) is 4.16. The number of hydrogen-bond acceptors (Lipinski definition) is 3. The van der Waals surface area contributed by atoms with Crippen molar-refractivity contribution in [3.63, 3.8) is 0 Å². The summed E-state index contributed by atoms with van der Waals surface area (Å²) in [7, 11) is 1.99. The standard InChI is InChI=1S/C10H18N4/c1-8-6-12-13(2)10(8)14-5-3-4-9(11)7-14/h6,9H,3-5,7,11H2,1-2H3. The molecule has 2 N–H and O–H groups in total. The number of piperidine rings is 1. The smallest absolute Gasteiger partial charge is 0.129 e. The van der Waals surface area contributed by atoms with Gasteiger partial charge in [0.15, 0.2) is 0 Å². The zero-order valence-corrected chi connectivity index (χ0v) is 8.90. The Morgan fingerprint density at radius 3 is 2.93 bits per heavy atom. The Labute approximate surface area is 84.7 Å². The summed E-state index contributed by atoms with van der Waals surface area (Å²) < 4.78 is 1.94. The van der Waals surface area contributed by atoms with Gasteiger partial charge in [-0.2, -0.15) is 5.10 Å². The van der Waals surface area contributed by atoms with Crippen molar-refractivity contribution in [2.24, 2.45) is 12.8 Å². The maximum absolute atomic E-state index is 5.96. The molecule has 0 radical (unpaired) electrons. The monoisotopic (exact) mass is 194 g/mol. The summed E-state index contributed by atoms with van der Waals surface area (Å²) in [5.41, 5.74) is 7.20. The van der Waals surface area contributed by atoms with E-state index in [4.69, 9.17) is 5.73 Å². The molecule has 1 aliphatic rings. The van der Waals surface area contributed by atoms with E-state index in [1.165, 1.54) is 17.8 Å². The van der Waals surface area contributed by atoms with Crippen molar-refractivity contribution in [1.29, 1.82) is 0 Å². The molecule has 4 nitrogen and oxygen atoms in total. The number of nitrogens with two attached hydrogens (primary N) is 1. The van der Waals surface area contributed by atoms with E-state index in [0.29, 0.717) is 6.04 Å². The van der Waals surface area contributed by atoms with E-state index in [9.17, 15) is 0 Å². The van der Waals surface area contributed by atoms with Gasteiger partial charge in [-0.3, -0.25) is 4.68 Å². The molecule has 0 aromatic carbocycles. The lowest BCUT2D eigenvalue weighted by atomic mass is 10.1. The molecular weight excluding hydrogens is 176 g/mol. The van der Waals surface area contributed by atoms with Crippen molar-refractivity contribution in [2.75, 3.05) is 18.0 Å². The van der Waals surface area contributed by atoms with E-state index in [1.807, 2.05) is 17.9 Å². The van der Waals surface area contributed by atoms with Crippen LogP contribution in [-0.2, 0) is 7.05 Å². The molecule has 1 unspecified atom stereocenters. The summed E-state index contributed by atoms with van der Waals surface area (Å²) >= 11 is 0. The second-order valence-electron chi connectivity index (χ2n) is 4.12. The number of nitrogens with zero attached hydrogens (tertiary/aromatic N) is 3. The van der Waals surface area contributed by atoms with Gasteiger partial charge in [-0.15, -0.1) is 0 Å². The predicted octanol–water partition coefficient (Wildman–Crippen LogP) is 0.656. The lowest BCUT2D eigenvalue weighted by Crippen LogP contribution is -2.43. The van der Waals surface area contributed by atoms with E-state index in [1.54, 1.807) is 0 Å². The minimum atomic E-state index is 0.318. The van der Waals surface area contributed by atoms with Crippen LogP contribution in [0.4, 0.5) is 5.82 Å². The van der Waals surface area contributed by atoms with Crippen molar-refractivity contribution in [1.82, 2.24) is 9.78 Å². The first kappa shape index (κ1) is 9.52. The van der Waals surface area contributed by atoms with Gasteiger partial charge in [0.1, 0.15) is 5.82 Å². The number of hydrogen-bond donors (Lipinski definition) is 1. The topological polar surface area (TPSA) is 47.1 Å². The second-order valence-corrected chi connectivity index (χ2v) is 4.12. The minimum Gasteiger partial charge on any atom is -0.355 e. The third-order valence-corrected chi connectivity index (χ3v) is 2.84. The van der Waals surface area contributed by atoms with E-state index in [-0.39, 0.29) is 0 Å². The first-order valence-electron chi connectivity index (χ1n) is 5.17. The van der Waals surface area contributed by atoms with Crippen LogP contribution in [0.5, 0.6) is 0 Å². The summed E-state index contributed by atoms with van der Waals surface area (Å²) in [6.07, 6.45) is 4.24. The molecule has 1 aliphatic heterocycles. The van der Waals surface area contributed by atoms with Gasteiger partial charge < -0.3 is 10.6 Å². The molecule has 2 rings (SSSR count). The fraction of sp³-hybridized carbons (Fsp3) is 0.700. The fourth-order valence-corrected chi connectivity index (χ4v) is 2.20. The zero-order valence-electron chi connectivity index (χ0n) is 8.90. The largest absolute Gasteiger partial charge is 0.355 e. The van der Waals surface area contributed by atoms with Gasteiger partial charge in [0, 0.05) is 31.7 Å². The Kier molecular flexibility index (Phi) is 2.46. The molecule has 0 bridgehead atoms. The highest BCUT2D eigenvalue weighted by Gasteiger charge is 2.20.